The van der Waals surface area contributed by atoms with E-state index in [4.69, 9.17) is 4.74 Å². The number of ether oxygens (including phenoxy) is 1. The van der Waals surface area contributed by atoms with Crippen LogP contribution in [0.2, 0.25) is 0 Å². The predicted molar refractivity (Wildman–Crippen MR) is 45.7 cm³/mol. The standard InChI is InChI=1S/C9H19O2/c1-4-5-6-11-7-9(10)8(2)3/h8,10H,4-7H2,1-3H3. The summed E-state index contributed by atoms with van der Waals surface area (Å²) < 4.78 is 5.21. The van der Waals surface area contributed by atoms with Gasteiger partial charge >= 0.3 is 0 Å². The molecule has 2 nitrogen and oxygen atoms in total. The molecule has 1 N–H and O–H groups in total. The summed E-state index contributed by atoms with van der Waals surface area (Å²) >= 11 is 0. The monoisotopic (exact) mass is 159 g/mol. The molecule has 0 amide bonds. The Morgan fingerprint density at radius 3 is 2.55 bits per heavy atom. The van der Waals surface area contributed by atoms with Crippen LogP contribution in [0.1, 0.15) is 33.6 Å². The molecule has 0 aromatic carbocycles. The first-order valence-electron chi connectivity index (χ1n) is 4.30. The Morgan fingerprint density at radius 2 is 2.09 bits per heavy atom. The van der Waals surface area contributed by atoms with Crippen LogP contribution in [0, 0.1) is 12.0 Å². The number of unbranched alkanes of at least 4 members (excludes halogenated alkanes) is 1. The third-order valence-electron chi connectivity index (χ3n) is 1.56. The van der Waals surface area contributed by atoms with Crippen molar-refractivity contribution in [1.29, 1.82) is 0 Å². The Morgan fingerprint density at radius 1 is 1.45 bits per heavy atom. The van der Waals surface area contributed by atoms with E-state index in [1.807, 2.05) is 13.8 Å². The highest BCUT2D eigenvalue weighted by Gasteiger charge is 2.09. The first kappa shape index (κ1) is 10.9. The van der Waals surface area contributed by atoms with Gasteiger partial charge in [0.05, 0.1) is 6.61 Å². The van der Waals surface area contributed by atoms with Gasteiger partial charge in [0.1, 0.15) is 6.10 Å². The fourth-order valence-electron chi connectivity index (χ4n) is 0.590. The van der Waals surface area contributed by atoms with Crippen LogP contribution in [-0.2, 0) is 4.74 Å². The first-order valence-corrected chi connectivity index (χ1v) is 4.30. The van der Waals surface area contributed by atoms with E-state index >= 15 is 0 Å². The molecule has 2 heteroatoms. The highest BCUT2D eigenvalue weighted by atomic mass is 16.5. The second-order valence-electron chi connectivity index (χ2n) is 3.05. The summed E-state index contributed by atoms with van der Waals surface area (Å²) in [6.45, 7) is 7.19. The van der Waals surface area contributed by atoms with Gasteiger partial charge in [0.15, 0.2) is 0 Å². The number of aliphatic hydroxyl groups excluding tert-OH is 1. The molecule has 0 rings (SSSR count). The molecule has 0 fully saturated rings. The van der Waals surface area contributed by atoms with E-state index in [-0.39, 0.29) is 5.92 Å². The second-order valence-corrected chi connectivity index (χ2v) is 3.05. The summed E-state index contributed by atoms with van der Waals surface area (Å²) in [6.07, 6.45) is 2.66. The van der Waals surface area contributed by atoms with Gasteiger partial charge in [-0.25, -0.2) is 0 Å². The SMILES string of the molecule is CCCCOC[C](O)C(C)C. The smallest absolute Gasteiger partial charge is 0.121 e. The van der Waals surface area contributed by atoms with Gasteiger partial charge in [-0.15, -0.1) is 0 Å². The number of hydrogen-bond acceptors (Lipinski definition) is 2. The van der Waals surface area contributed by atoms with Crippen molar-refractivity contribution in [3.63, 3.8) is 0 Å². The fourth-order valence-corrected chi connectivity index (χ4v) is 0.590. The Balaban J connectivity index is 3.10. The zero-order chi connectivity index (χ0) is 8.69. The minimum atomic E-state index is 0.219. The van der Waals surface area contributed by atoms with Gasteiger partial charge in [-0.05, 0) is 12.3 Å². The number of rotatable bonds is 6. The Kier molecular flexibility index (Phi) is 6.57. The summed E-state index contributed by atoms with van der Waals surface area (Å²) in [6, 6.07) is 0. The molecule has 0 bridgehead atoms. The highest BCUT2D eigenvalue weighted by Crippen LogP contribution is 2.09. The molecule has 0 unspecified atom stereocenters. The minimum Gasteiger partial charge on any atom is -0.384 e. The average molecular weight is 159 g/mol. The van der Waals surface area contributed by atoms with Crippen LogP contribution in [0.3, 0.4) is 0 Å². The van der Waals surface area contributed by atoms with Gasteiger partial charge in [0, 0.05) is 6.61 Å². The molecule has 0 atom stereocenters. The van der Waals surface area contributed by atoms with Gasteiger partial charge in [-0.1, -0.05) is 27.2 Å². The summed E-state index contributed by atoms with van der Waals surface area (Å²) in [7, 11) is 0. The van der Waals surface area contributed by atoms with Crippen molar-refractivity contribution in [2.24, 2.45) is 5.92 Å². The lowest BCUT2D eigenvalue weighted by Gasteiger charge is -2.12. The van der Waals surface area contributed by atoms with Crippen LogP contribution < -0.4 is 0 Å². The molecule has 0 aliphatic heterocycles. The fraction of sp³-hybridized carbons (Fsp3) is 0.889. The van der Waals surface area contributed by atoms with Gasteiger partial charge in [-0.3, -0.25) is 0 Å². The van der Waals surface area contributed by atoms with Crippen molar-refractivity contribution in [3.05, 3.63) is 6.10 Å². The summed E-state index contributed by atoms with van der Waals surface area (Å²) in [5.74, 6) is 0.219. The molecular weight excluding hydrogens is 140 g/mol. The molecule has 0 spiro atoms. The quantitative estimate of drug-likeness (QED) is 0.603. The Bertz CT molecular complexity index is 81.6. The van der Waals surface area contributed by atoms with Crippen LogP contribution in [0.15, 0.2) is 0 Å². The molecule has 0 saturated carbocycles. The molecule has 0 saturated heterocycles. The van der Waals surface area contributed by atoms with E-state index in [0.717, 1.165) is 19.4 Å². The van der Waals surface area contributed by atoms with Crippen LogP contribution in [-0.4, -0.2) is 18.3 Å². The van der Waals surface area contributed by atoms with Crippen molar-refractivity contribution < 1.29 is 9.84 Å². The predicted octanol–water partition coefficient (Wildman–Crippen LogP) is 2.36. The molecule has 67 valence electrons. The summed E-state index contributed by atoms with van der Waals surface area (Å²) in [5, 5.41) is 9.22. The van der Waals surface area contributed by atoms with Crippen molar-refractivity contribution in [3.8, 4) is 0 Å². The van der Waals surface area contributed by atoms with Crippen LogP contribution in [0.5, 0.6) is 0 Å². The highest BCUT2D eigenvalue weighted by molar-refractivity contribution is 4.78. The number of hydrogen-bond donors (Lipinski definition) is 1. The maximum atomic E-state index is 9.22. The largest absolute Gasteiger partial charge is 0.384 e. The van der Waals surface area contributed by atoms with E-state index in [1.165, 1.54) is 0 Å². The summed E-state index contributed by atoms with van der Waals surface area (Å²) in [4.78, 5) is 0. The maximum absolute atomic E-state index is 9.22. The van der Waals surface area contributed by atoms with E-state index in [9.17, 15) is 5.11 Å². The van der Waals surface area contributed by atoms with Gasteiger partial charge < -0.3 is 9.84 Å². The van der Waals surface area contributed by atoms with Crippen molar-refractivity contribution in [2.75, 3.05) is 13.2 Å². The van der Waals surface area contributed by atoms with Gasteiger partial charge in [0.2, 0.25) is 0 Å². The van der Waals surface area contributed by atoms with E-state index < -0.39 is 0 Å². The lowest BCUT2D eigenvalue weighted by molar-refractivity contribution is 0.0761. The van der Waals surface area contributed by atoms with Crippen LogP contribution >= 0.6 is 0 Å². The molecular formula is C9H19O2. The topological polar surface area (TPSA) is 29.5 Å². The lowest BCUT2D eigenvalue weighted by atomic mass is 10.1. The lowest BCUT2D eigenvalue weighted by Crippen LogP contribution is -2.13. The average Bonchev–Trinajstić information content (AvgIpc) is 1.97. The van der Waals surface area contributed by atoms with Crippen molar-refractivity contribution in [1.82, 2.24) is 0 Å². The van der Waals surface area contributed by atoms with E-state index in [0.29, 0.717) is 12.7 Å². The minimum absolute atomic E-state index is 0.219. The zero-order valence-corrected chi connectivity index (χ0v) is 7.76. The summed E-state index contributed by atoms with van der Waals surface area (Å²) in [5.41, 5.74) is 0. The molecule has 0 heterocycles. The Hall–Kier alpha value is -0.0800. The molecule has 0 aromatic heterocycles. The van der Waals surface area contributed by atoms with E-state index in [2.05, 4.69) is 6.92 Å². The maximum Gasteiger partial charge on any atom is 0.121 e. The van der Waals surface area contributed by atoms with Crippen LogP contribution in [0.4, 0.5) is 0 Å². The third kappa shape index (κ3) is 6.32. The first-order chi connectivity index (χ1) is 5.18. The molecule has 0 aromatic rings. The van der Waals surface area contributed by atoms with Gasteiger partial charge in [-0.2, -0.15) is 0 Å². The Labute approximate surface area is 69.6 Å². The van der Waals surface area contributed by atoms with Gasteiger partial charge in [0.25, 0.3) is 0 Å². The van der Waals surface area contributed by atoms with Crippen molar-refractivity contribution in [2.45, 2.75) is 33.6 Å². The second kappa shape index (κ2) is 6.62. The molecule has 11 heavy (non-hydrogen) atoms. The number of aliphatic hydroxyl groups is 1. The van der Waals surface area contributed by atoms with Crippen LogP contribution in [0.25, 0.3) is 0 Å². The molecule has 0 aliphatic carbocycles. The normalized spacial score (nSPS) is 11.5. The zero-order valence-electron chi connectivity index (χ0n) is 7.76. The third-order valence-corrected chi connectivity index (χ3v) is 1.56. The van der Waals surface area contributed by atoms with Crippen molar-refractivity contribution >= 4 is 0 Å². The van der Waals surface area contributed by atoms with E-state index in [1.54, 1.807) is 0 Å². The molecule has 0 aliphatic rings. The molecule has 1 radical (unpaired) electrons.